The molecule has 154 valence electrons. The Morgan fingerprint density at radius 3 is 2.47 bits per heavy atom. The third-order valence-corrected chi connectivity index (χ3v) is 5.95. The third-order valence-electron chi connectivity index (χ3n) is 5.95. The smallest absolute Gasteiger partial charge is 0.233 e. The minimum Gasteiger partial charge on any atom is -0.507 e. The Kier molecular flexibility index (Phi) is 5.04. The van der Waals surface area contributed by atoms with E-state index in [-0.39, 0.29) is 11.9 Å². The van der Waals surface area contributed by atoms with Crippen molar-refractivity contribution in [3.63, 3.8) is 0 Å². The number of aryl methyl sites for hydroxylation is 1. The number of nitrogens with one attached hydrogen (secondary N) is 1. The first-order valence-electron chi connectivity index (χ1n) is 10.5. The van der Waals surface area contributed by atoms with Gasteiger partial charge >= 0.3 is 0 Å². The molecule has 4 heterocycles. The van der Waals surface area contributed by atoms with Gasteiger partial charge in [0.05, 0.1) is 23.3 Å². The highest BCUT2D eigenvalue weighted by Crippen LogP contribution is 2.32. The predicted molar refractivity (Wildman–Crippen MR) is 113 cm³/mol. The van der Waals surface area contributed by atoms with Crippen molar-refractivity contribution in [3.8, 4) is 34.1 Å². The van der Waals surface area contributed by atoms with Gasteiger partial charge in [-0.05, 0) is 50.8 Å². The standard InChI is InChI=1S/C23H25N5O2/c1-14-12-25-21(13-24-14)15-5-6-19(22(29)9-15)20-7-8-23(28-27-20)30-18-10-16-3-2-4-17(11-18)26-16/h5-9,12-13,16-18,26,29H,2-4,10-11H2,1H3. The molecule has 3 aromatic rings. The fraction of sp³-hybridized carbons (Fsp3) is 0.391. The van der Waals surface area contributed by atoms with Crippen LogP contribution in [0.4, 0.5) is 0 Å². The fourth-order valence-corrected chi connectivity index (χ4v) is 4.46. The number of aromatic hydroxyl groups is 1. The Balaban J connectivity index is 1.30. The predicted octanol–water partition coefficient (Wildman–Crippen LogP) is 3.67. The van der Waals surface area contributed by atoms with Crippen LogP contribution in [-0.2, 0) is 0 Å². The van der Waals surface area contributed by atoms with E-state index in [1.807, 2.05) is 31.2 Å². The van der Waals surface area contributed by atoms with E-state index in [1.165, 1.54) is 19.3 Å². The van der Waals surface area contributed by atoms with Crippen LogP contribution in [0.1, 0.15) is 37.8 Å². The van der Waals surface area contributed by atoms with Crippen LogP contribution in [0.5, 0.6) is 11.6 Å². The molecule has 2 unspecified atom stereocenters. The fourth-order valence-electron chi connectivity index (χ4n) is 4.46. The van der Waals surface area contributed by atoms with Gasteiger partial charge in [0.1, 0.15) is 11.9 Å². The molecule has 2 aliphatic heterocycles. The van der Waals surface area contributed by atoms with E-state index in [9.17, 15) is 5.11 Å². The van der Waals surface area contributed by atoms with Gasteiger partial charge in [0, 0.05) is 35.5 Å². The van der Waals surface area contributed by atoms with E-state index in [2.05, 4.69) is 25.5 Å². The molecule has 2 fully saturated rings. The molecule has 1 aromatic carbocycles. The highest BCUT2D eigenvalue weighted by atomic mass is 16.5. The summed E-state index contributed by atoms with van der Waals surface area (Å²) in [7, 11) is 0. The van der Waals surface area contributed by atoms with Crippen LogP contribution in [0.15, 0.2) is 42.7 Å². The number of piperidine rings is 2. The van der Waals surface area contributed by atoms with Gasteiger partial charge in [-0.3, -0.25) is 9.97 Å². The zero-order valence-electron chi connectivity index (χ0n) is 17.0. The highest BCUT2D eigenvalue weighted by Gasteiger charge is 2.32. The summed E-state index contributed by atoms with van der Waals surface area (Å²) in [5.41, 5.74) is 3.58. The number of benzene rings is 1. The molecule has 0 aliphatic carbocycles. The first kappa shape index (κ1) is 18.9. The maximum absolute atomic E-state index is 10.5. The lowest BCUT2D eigenvalue weighted by Crippen LogP contribution is -2.51. The van der Waals surface area contributed by atoms with Gasteiger partial charge in [-0.25, -0.2) is 0 Å². The van der Waals surface area contributed by atoms with E-state index in [0.717, 1.165) is 24.1 Å². The second kappa shape index (κ2) is 7.99. The topological polar surface area (TPSA) is 93.0 Å². The molecule has 2 N–H and O–H groups in total. The molecule has 0 spiro atoms. The van der Waals surface area contributed by atoms with Crippen LogP contribution in [0.25, 0.3) is 22.5 Å². The van der Waals surface area contributed by atoms with Crippen molar-refractivity contribution in [2.24, 2.45) is 0 Å². The summed E-state index contributed by atoms with van der Waals surface area (Å²) in [6.07, 6.45) is 9.39. The molecule has 2 atom stereocenters. The van der Waals surface area contributed by atoms with E-state index in [1.54, 1.807) is 18.5 Å². The molecule has 0 amide bonds. The second-order valence-electron chi connectivity index (χ2n) is 8.23. The number of phenols is 1. The van der Waals surface area contributed by atoms with Gasteiger partial charge in [-0.15, -0.1) is 10.2 Å². The summed E-state index contributed by atoms with van der Waals surface area (Å²) in [6.45, 7) is 1.89. The molecular formula is C23H25N5O2. The molecule has 7 heteroatoms. The van der Waals surface area contributed by atoms with E-state index in [4.69, 9.17) is 4.74 Å². The maximum Gasteiger partial charge on any atom is 0.233 e. The van der Waals surface area contributed by atoms with Crippen molar-refractivity contribution in [3.05, 3.63) is 48.4 Å². The first-order chi connectivity index (χ1) is 14.6. The largest absolute Gasteiger partial charge is 0.507 e. The van der Waals surface area contributed by atoms with Crippen molar-refractivity contribution < 1.29 is 9.84 Å². The number of ether oxygens (including phenoxy) is 1. The Morgan fingerprint density at radius 2 is 1.80 bits per heavy atom. The number of rotatable bonds is 4. The third kappa shape index (κ3) is 3.98. The maximum atomic E-state index is 10.5. The minimum absolute atomic E-state index is 0.129. The molecule has 0 radical (unpaired) electrons. The molecule has 30 heavy (non-hydrogen) atoms. The van der Waals surface area contributed by atoms with Crippen LogP contribution in [0.2, 0.25) is 0 Å². The van der Waals surface area contributed by atoms with Crippen molar-refractivity contribution in [2.75, 3.05) is 0 Å². The van der Waals surface area contributed by atoms with Gasteiger partial charge < -0.3 is 15.2 Å². The highest BCUT2D eigenvalue weighted by molar-refractivity contribution is 5.72. The average molecular weight is 403 g/mol. The molecule has 7 nitrogen and oxygen atoms in total. The average Bonchev–Trinajstić information content (AvgIpc) is 2.75. The summed E-state index contributed by atoms with van der Waals surface area (Å²) < 4.78 is 6.11. The Hall–Kier alpha value is -3.06. The number of fused-ring (bicyclic) bond motifs is 2. The summed E-state index contributed by atoms with van der Waals surface area (Å²) >= 11 is 0. The lowest BCUT2D eigenvalue weighted by Gasteiger charge is -2.39. The number of hydrogen-bond donors (Lipinski definition) is 2. The Labute approximate surface area is 175 Å². The normalized spacial score (nSPS) is 23.2. The Morgan fingerprint density at radius 1 is 0.967 bits per heavy atom. The zero-order valence-corrected chi connectivity index (χ0v) is 17.0. The molecule has 0 saturated carbocycles. The number of nitrogens with zero attached hydrogens (tertiary/aromatic N) is 4. The van der Waals surface area contributed by atoms with Gasteiger partial charge in [-0.2, -0.15) is 0 Å². The zero-order chi connectivity index (χ0) is 20.5. The number of hydrogen-bond acceptors (Lipinski definition) is 7. The first-order valence-corrected chi connectivity index (χ1v) is 10.5. The van der Waals surface area contributed by atoms with Gasteiger partial charge in [-0.1, -0.05) is 12.5 Å². The monoisotopic (exact) mass is 403 g/mol. The molecule has 2 aromatic heterocycles. The second-order valence-corrected chi connectivity index (χ2v) is 8.23. The van der Waals surface area contributed by atoms with Gasteiger partial charge in [0.2, 0.25) is 5.88 Å². The number of aromatic nitrogens is 4. The summed E-state index contributed by atoms with van der Waals surface area (Å²) in [5, 5.41) is 22.7. The van der Waals surface area contributed by atoms with E-state index < -0.39 is 0 Å². The van der Waals surface area contributed by atoms with E-state index >= 15 is 0 Å². The molecule has 5 rings (SSSR count). The molecular weight excluding hydrogens is 378 g/mol. The summed E-state index contributed by atoms with van der Waals surface area (Å²) in [5.74, 6) is 0.666. The quantitative estimate of drug-likeness (QED) is 0.686. The van der Waals surface area contributed by atoms with Crippen molar-refractivity contribution >= 4 is 0 Å². The van der Waals surface area contributed by atoms with Gasteiger partial charge in [0.25, 0.3) is 0 Å². The van der Waals surface area contributed by atoms with Crippen LogP contribution in [0, 0.1) is 6.92 Å². The lowest BCUT2D eigenvalue weighted by atomic mass is 9.85. The van der Waals surface area contributed by atoms with Crippen LogP contribution in [0.3, 0.4) is 0 Å². The molecule has 2 bridgehead atoms. The summed E-state index contributed by atoms with van der Waals surface area (Å²) in [6, 6.07) is 10.2. The van der Waals surface area contributed by atoms with Crippen LogP contribution < -0.4 is 10.1 Å². The minimum atomic E-state index is 0.129. The molecule has 2 aliphatic rings. The molecule has 2 saturated heterocycles. The van der Waals surface area contributed by atoms with E-state index in [0.29, 0.717) is 34.9 Å². The van der Waals surface area contributed by atoms with Crippen LogP contribution in [-0.4, -0.2) is 43.5 Å². The van der Waals surface area contributed by atoms with Crippen molar-refractivity contribution in [1.29, 1.82) is 0 Å². The Bertz CT molecular complexity index is 1010. The van der Waals surface area contributed by atoms with Crippen molar-refractivity contribution in [2.45, 2.75) is 57.2 Å². The SMILES string of the molecule is Cc1cnc(-c2ccc(-c3ccc(OC4CC5CCCC(C4)N5)nn3)c(O)c2)cn1. The number of phenolic OH excluding ortho intramolecular Hbond substituents is 1. The van der Waals surface area contributed by atoms with Crippen molar-refractivity contribution in [1.82, 2.24) is 25.5 Å². The van der Waals surface area contributed by atoms with Crippen LogP contribution >= 0.6 is 0 Å². The van der Waals surface area contributed by atoms with Gasteiger partial charge in [0.15, 0.2) is 0 Å². The summed E-state index contributed by atoms with van der Waals surface area (Å²) in [4.78, 5) is 8.61. The lowest BCUT2D eigenvalue weighted by molar-refractivity contribution is 0.0881.